The molecule has 0 saturated heterocycles. The van der Waals surface area contributed by atoms with Crippen LogP contribution in [0.4, 0.5) is 0 Å². The second kappa shape index (κ2) is 5.66. The molecule has 0 heterocycles. The Morgan fingerprint density at radius 1 is 1.14 bits per heavy atom. The number of Topliss-reactive ketones (excluding diaryl/α,β-unsaturated/α-hetero) is 1. The summed E-state index contributed by atoms with van der Waals surface area (Å²) in [5.41, 5.74) is 2.30. The highest BCUT2D eigenvalue weighted by Gasteiger charge is 2.40. The van der Waals surface area contributed by atoms with Gasteiger partial charge in [-0.15, -0.1) is 0 Å². The first-order valence-electron chi connectivity index (χ1n) is 8.56. The summed E-state index contributed by atoms with van der Waals surface area (Å²) in [7, 11) is -1.83. The third-order valence-corrected chi connectivity index (χ3v) is 9.80. The molecule has 2 rings (SSSR count). The van der Waals surface area contributed by atoms with Crippen molar-refractivity contribution in [1.82, 2.24) is 0 Å². The number of ketones is 1. The van der Waals surface area contributed by atoms with Crippen LogP contribution in [0.2, 0.25) is 18.1 Å². The van der Waals surface area contributed by atoms with Gasteiger partial charge in [0.05, 0.1) is 5.76 Å². The van der Waals surface area contributed by atoms with Crippen LogP contribution in [0.25, 0.3) is 0 Å². The summed E-state index contributed by atoms with van der Waals surface area (Å²) in [4.78, 5) is 12.5. The Hall–Kier alpha value is -0.833. The average Bonchev–Trinajstić information content (AvgIpc) is 2.71. The smallest absolute Gasteiger partial charge is 0.250 e. The van der Waals surface area contributed by atoms with Crippen LogP contribution in [0, 0.1) is 5.41 Å². The van der Waals surface area contributed by atoms with Crippen LogP contribution in [-0.4, -0.2) is 14.1 Å². The van der Waals surface area contributed by atoms with Gasteiger partial charge in [-0.1, -0.05) is 34.6 Å². The normalized spacial score (nSPS) is 25.2. The minimum absolute atomic E-state index is 0.0214. The van der Waals surface area contributed by atoms with Gasteiger partial charge in [0.15, 0.2) is 5.78 Å². The third-order valence-electron chi connectivity index (χ3n) is 5.42. The van der Waals surface area contributed by atoms with Crippen LogP contribution in [0.3, 0.4) is 0 Å². The number of hydrogen-bond acceptors (Lipinski definition) is 2. The molecule has 0 saturated carbocycles. The van der Waals surface area contributed by atoms with Gasteiger partial charge >= 0.3 is 0 Å². The summed E-state index contributed by atoms with van der Waals surface area (Å²) in [6.07, 6.45) is 6.81. The second-order valence-electron chi connectivity index (χ2n) is 9.27. The molecule has 0 radical (unpaired) electrons. The van der Waals surface area contributed by atoms with E-state index in [1.165, 1.54) is 5.57 Å². The number of rotatable bonds is 2. The number of hydrogen-bond donors (Lipinski definition) is 0. The lowest BCUT2D eigenvalue weighted by atomic mass is 9.79. The summed E-state index contributed by atoms with van der Waals surface area (Å²) >= 11 is 0. The predicted octanol–water partition coefficient (Wildman–Crippen LogP) is 5.76. The van der Waals surface area contributed by atoms with Crippen LogP contribution in [0.15, 0.2) is 23.0 Å². The first-order valence-corrected chi connectivity index (χ1v) is 11.5. The molecule has 3 heteroatoms. The fourth-order valence-electron chi connectivity index (χ4n) is 3.11. The van der Waals surface area contributed by atoms with Crippen molar-refractivity contribution in [3.05, 3.63) is 23.0 Å². The van der Waals surface area contributed by atoms with Crippen molar-refractivity contribution in [3.8, 4) is 0 Å². The standard InChI is InChI=1S/C19H32O2Si/c1-18(2,3)22(6,7)21-15-11-14-9-8-10-16(14)17(20)13-19(4,5)12-15/h11H,8-10,12-13H2,1-7H3/b15-11+. The largest absolute Gasteiger partial charge is 0.546 e. The van der Waals surface area contributed by atoms with E-state index in [1.807, 2.05) is 0 Å². The topological polar surface area (TPSA) is 26.3 Å². The van der Waals surface area contributed by atoms with Crippen molar-refractivity contribution in [2.45, 2.75) is 84.9 Å². The molecule has 0 fully saturated rings. The van der Waals surface area contributed by atoms with E-state index in [0.29, 0.717) is 12.2 Å². The van der Waals surface area contributed by atoms with Crippen molar-refractivity contribution in [2.75, 3.05) is 0 Å². The Morgan fingerprint density at radius 3 is 2.36 bits per heavy atom. The highest BCUT2D eigenvalue weighted by molar-refractivity contribution is 6.74. The van der Waals surface area contributed by atoms with Gasteiger partial charge in [-0.25, -0.2) is 0 Å². The Labute approximate surface area is 137 Å². The zero-order chi connectivity index (χ0) is 16.8. The van der Waals surface area contributed by atoms with Gasteiger partial charge in [-0.2, -0.15) is 0 Å². The van der Waals surface area contributed by atoms with Gasteiger partial charge in [-0.3, -0.25) is 4.79 Å². The van der Waals surface area contributed by atoms with Gasteiger partial charge < -0.3 is 4.43 Å². The van der Waals surface area contributed by atoms with E-state index < -0.39 is 8.32 Å². The van der Waals surface area contributed by atoms with Gasteiger partial charge in [-0.05, 0) is 60.0 Å². The fourth-order valence-corrected chi connectivity index (χ4v) is 4.20. The molecule has 0 unspecified atom stereocenters. The number of carbonyl (C=O) groups is 1. The quantitative estimate of drug-likeness (QED) is 0.604. The molecule has 0 atom stereocenters. The SMILES string of the molecule is CC1(C)CC(=O)C2=C(/C=C(/O[Si](C)(C)C(C)(C)C)C1)CCC2. The summed E-state index contributed by atoms with van der Waals surface area (Å²) in [5.74, 6) is 1.47. The Morgan fingerprint density at radius 2 is 1.77 bits per heavy atom. The van der Waals surface area contributed by atoms with Crippen LogP contribution >= 0.6 is 0 Å². The zero-order valence-corrected chi connectivity index (χ0v) is 16.4. The maximum absolute atomic E-state index is 12.5. The lowest BCUT2D eigenvalue weighted by molar-refractivity contribution is -0.117. The molecule has 0 spiro atoms. The first kappa shape index (κ1) is 17.5. The summed E-state index contributed by atoms with van der Waals surface area (Å²) < 4.78 is 6.61. The van der Waals surface area contributed by atoms with Crippen molar-refractivity contribution in [1.29, 1.82) is 0 Å². The Bertz CT molecular complexity index is 530. The Balaban J connectivity index is 2.37. The molecular formula is C19H32O2Si. The minimum atomic E-state index is -1.83. The van der Waals surface area contributed by atoms with Gasteiger partial charge in [0.25, 0.3) is 0 Å². The fraction of sp³-hybridized carbons (Fsp3) is 0.737. The molecule has 2 aliphatic rings. The van der Waals surface area contributed by atoms with E-state index in [1.54, 1.807) is 0 Å². The van der Waals surface area contributed by atoms with Gasteiger partial charge in [0.2, 0.25) is 8.32 Å². The third kappa shape index (κ3) is 3.73. The molecule has 0 amide bonds. The summed E-state index contributed by atoms with van der Waals surface area (Å²) in [5, 5.41) is 0.197. The molecule has 2 nitrogen and oxygen atoms in total. The summed E-state index contributed by atoms with van der Waals surface area (Å²) in [6, 6.07) is 0. The second-order valence-corrected chi connectivity index (χ2v) is 14.0. The van der Waals surface area contributed by atoms with Gasteiger partial charge in [0, 0.05) is 12.8 Å². The first-order chi connectivity index (χ1) is 9.91. The van der Waals surface area contributed by atoms with E-state index in [2.05, 4.69) is 53.8 Å². The number of allylic oxidation sites excluding steroid dienone is 4. The van der Waals surface area contributed by atoms with E-state index in [4.69, 9.17) is 4.43 Å². The molecule has 0 aromatic rings. The molecule has 0 aromatic heterocycles. The highest BCUT2D eigenvalue weighted by atomic mass is 28.4. The van der Waals surface area contributed by atoms with Crippen LogP contribution < -0.4 is 0 Å². The van der Waals surface area contributed by atoms with Crippen LogP contribution in [0.5, 0.6) is 0 Å². The molecule has 0 aliphatic heterocycles. The molecule has 0 aromatic carbocycles. The Kier molecular flexibility index (Phi) is 4.51. The van der Waals surface area contributed by atoms with Gasteiger partial charge in [0.1, 0.15) is 0 Å². The van der Waals surface area contributed by atoms with Crippen molar-refractivity contribution >= 4 is 14.1 Å². The maximum Gasteiger partial charge on any atom is 0.250 e. The molecule has 0 bridgehead atoms. The average molecular weight is 321 g/mol. The predicted molar refractivity (Wildman–Crippen MR) is 95.3 cm³/mol. The molecule has 124 valence electrons. The maximum atomic E-state index is 12.5. The summed E-state index contributed by atoms with van der Waals surface area (Å²) in [6.45, 7) is 15.8. The van der Waals surface area contributed by atoms with Crippen molar-refractivity contribution in [2.24, 2.45) is 5.41 Å². The lowest BCUT2D eigenvalue weighted by Crippen LogP contribution is -2.41. The monoisotopic (exact) mass is 320 g/mol. The number of carbonyl (C=O) groups excluding carboxylic acids is 1. The van der Waals surface area contributed by atoms with E-state index in [9.17, 15) is 4.79 Å². The van der Waals surface area contributed by atoms with E-state index >= 15 is 0 Å². The molecule has 0 N–H and O–H groups in total. The van der Waals surface area contributed by atoms with E-state index in [0.717, 1.165) is 37.0 Å². The van der Waals surface area contributed by atoms with E-state index in [-0.39, 0.29) is 10.5 Å². The molecule has 2 aliphatic carbocycles. The van der Waals surface area contributed by atoms with Crippen LogP contribution in [-0.2, 0) is 9.22 Å². The minimum Gasteiger partial charge on any atom is -0.546 e. The molecule has 22 heavy (non-hydrogen) atoms. The zero-order valence-electron chi connectivity index (χ0n) is 15.4. The highest BCUT2D eigenvalue weighted by Crippen LogP contribution is 2.43. The molecular weight excluding hydrogens is 288 g/mol. The lowest BCUT2D eigenvalue weighted by Gasteiger charge is -2.39. The van der Waals surface area contributed by atoms with Crippen molar-refractivity contribution < 1.29 is 9.22 Å². The van der Waals surface area contributed by atoms with Crippen molar-refractivity contribution in [3.63, 3.8) is 0 Å². The van der Waals surface area contributed by atoms with Crippen LogP contribution in [0.1, 0.15) is 66.7 Å².